The van der Waals surface area contributed by atoms with E-state index >= 15 is 0 Å². The third kappa shape index (κ3) is 4.11. The van der Waals surface area contributed by atoms with Crippen molar-refractivity contribution in [2.24, 2.45) is 5.92 Å². The molecule has 0 atom stereocenters. The number of carbonyl (C=O) groups is 1. The Morgan fingerprint density at radius 2 is 2.14 bits per heavy atom. The topological polar surface area (TPSA) is 58.6 Å². The Morgan fingerprint density at radius 3 is 2.76 bits per heavy atom. The van der Waals surface area contributed by atoms with Crippen LogP contribution in [-0.4, -0.2) is 30.3 Å². The van der Waals surface area contributed by atoms with Crippen LogP contribution in [0.25, 0.3) is 0 Å². The second kappa shape index (κ2) is 6.67. The van der Waals surface area contributed by atoms with Crippen molar-refractivity contribution in [1.82, 2.24) is 5.32 Å². The van der Waals surface area contributed by atoms with E-state index in [9.17, 15) is 9.90 Å². The number of amides is 1. The van der Waals surface area contributed by atoms with E-state index in [4.69, 9.17) is 16.3 Å². The summed E-state index contributed by atoms with van der Waals surface area (Å²) in [5, 5.41) is 13.8. The number of hydrogen-bond donors (Lipinski definition) is 2. The molecular weight excluding hydrogens is 290 g/mol. The van der Waals surface area contributed by atoms with Crippen molar-refractivity contribution in [2.45, 2.75) is 38.2 Å². The Kier molecular flexibility index (Phi) is 5.12. The van der Waals surface area contributed by atoms with Crippen molar-refractivity contribution in [3.63, 3.8) is 0 Å². The molecule has 2 rings (SSSR count). The summed E-state index contributed by atoms with van der Waals surface area (Å²) in [7, 11) is 1.50. The van der Waals surface area contributed by atoms with Crippen LogP contribution in [0.2, 0.25) is 5.02 Å². The van der Waals surface area contributed by atoms with Crippen molar-refractivity contribution in [1.29, 1.82) is 0 Å². The van der Waals surface area contributed by atoms with Crippen LogP contribution in [-0.2, 0) is 0 Å². The van der Waals surface area contributed by atoms with Gasteiger partial charge in [0.05, 0.1) is 18.3 Å². The fraction of sp³-hybridized carbons (Fsp3) is 0.562. The Labute approximate surface area is 130 Å². The highest BCUT2D eigenvalue weighted by atomic mass is 35.5. The fourth-order valence-corrected chi connectivity index (χ4v) is 2.83. The van der Waals surface area contributed by atoms with Gasteiger partial charge in [0.2, 0.25) is 0 Å². The van der Waals surface area contributed by atoms with Gasteiger partial charge in [-0.2, -0.15) is 0 Å². The van der Waals surface area contributed by atoms with Gasteiger partial charge in [-0.15, -0.1) is 0 Å². The average Bonchev–Trinajstić information content (AvgIpc) is 2.48. The predicted octanol–water partition coefficient (Wildman–Crippen LogP) is 3.02. The molecule has 5 heteroatoms. The molecule has 0 bridgehead atoms. The summed E-state index contributed by atoms with van der Waals surface area (Å²) < 4.78 is 5.17. The third-order valence-corrected chi connectivity index (χ3v) is 4.43. The Balaban J connectivity index is 1.99. The molecule has 1 aliphatic rings. The molecule has 2 N–H and O–H groups in total. The summed E-state index contributed by atoms with van der Waals surface area (Å²) in [5.41, 5.74) is -0.364. The standard InChI is InChI=1S/C16H22ClNO3/c1-11-5-7-16(20,8-6-11)10-18-15(19)13-4-3-12(17)9-14(13)21-2/h3-4,9,11,20H,5-8,10H2,1-2H3,(H,18,19). The molecule has 4 nitrogen and oxygen atoms in total. The van der Waals surface area contributed by atoms with Crippen LogP contribution in [0.5, 0.6) is 5.75 Å². The number of rotatable bonds is 4. The zero-order valence-electron chi connectivity index (χ0n) is 12.5. The molecule has 0 aromatic heterocycles. The monoisotopic (exact) mass is 311 g/mol. The van der Waals surface area contributed by atoms with Crippen molar-refractivity contribution in [3.8, 4) is 5.75 Å². The molecule has 0 spiro atoms. The number of carbonyl (C=O) groups excluding carboxylic acids is 1. The lowest BCUT2D eigenvalue weighted by atomic mass is 9.79. The van der Waals surface area contributed by atoms with Crippen molar-refractivity contribution in [3.05, 3.63) is 28.8 Å². The first kappa shape index (κ1) is 16.1. The maximum Gasteiger partial charge on any atom is 0.255 e. The van der Waals surface area contributed by atoms with E-state index in [-0.39, 0.29) is 12.5 Å². The Hall–Kier alpha value is -1.26. The quantitative estimate of drug-likeness (QED) is 0.898. The summed E-state index contributed by atoms with van der Waals surface area (Å²) >= 11 is 5.88. The largest absolute Gasteiger partial charge is 0.496 e. The van der Waals surface area contributed by atoms with Gasteiger partial charge in [0.25, 0.3) is 5.91 Å². The number of benzene rings is 1. The number of halogens is 1. The average molecular weight is 312 g/mol. The Morgan fingerprint density at radius 1 is 1.48 bits per heavy atom. The van der Waals surface area contributed by atoms with E-state index in [0.717, 1.165) is 25.7 Å². The number of nitrogens with one attached hydrogen (secondary N) is 1. The maximum atomic E-state index is 12.2. The van der Waals surface area contributed by atoms with E-state index in [2.05, 4.69) is 12.2 Å². The molecule has 0 saturated heterocycles. The highest BCUT2D eigenvalue weighted by Crippen LogP contribution is 2.31. The van der Waals surface area contributed by atoms with Crippen molar-refractivity contribution < 1.29 is 14.6 Å². The minimum atomic E-state index is -0.790. The van der Waals surface area contributed by atoms with E-state index in [1.54, 1.807) is 18.2 Å². The first-order valence-corrected chi connectivity index (χ1v) is 7.65. The van der Waals surface area contributed by atoms with Gasteiger partial charge in [-0.1, -0.05) is 18.5 Å². The SMILES string of the molecule is COc1cc(Cl)ccc1C(=O)NCC1(O)CCC(C)CC1. The highest BCUT2D eigenvalue weighted by molar-refractivity contribution is 6.30. The van der Waals surface area contributed by atoms with E-state index < -0.39 is 5.60 Å². The number of methoxy groups -OCH3 is 1. The molecular formula is C16H22ClNO3. The van der Waals surface area contributed by atoms with Crippen LogP contribution in [0.1, 0.15) is 43.0 Å². The maximum absolute atomic E-state index is 12.2. The van der Waals surface area contributed by atoms with Crippen molar-refractivity contribution in [2.75, 3.05) is 13.7 Å². The van der Waals surface area contributed by atoms with Gasteiger partial charge < -0.3 is 15.2 Å². The first-order valence-electron chi connectivity index (χ1n) is 7.28. The molecule has 1 saturated carbocycles. The normalized spacial score (nSPS) is 25.4. The second-order valence-corrected chi connectivity index (χ2v) is 6.37. The fourth-order valence-electron chi connectivity index (χ4n) is 2.67. The van der Waals surface area contributed by atoms with Gasteiger partial charge in [-0.05, 0) is 49.8 Å². The van der Waals surface area contributed by atoms with E-state index in [1.807, 2.05) is 0 Å². The summed E-state index contributed by atoms with van der Waals surface area (Å²) in [6, 6.07) is 4.88. The van der Waals surface area contributed by atoms with Gasteiger partial charge in [-0.3, -0.25) is 4.79 Å². The lowest BCUT2D eigenvalue weighted by Gasteiger charge is -2.35. The van der Waals surface area contributed by atoms with Crippen LogP contribution in [0, 0.1) is 5.92 Å². The van der Waals surface area contributed by atoms with Crippen LogP contribution < -0.4 is 10.1 Å². The van der Waals surface area contributed by atoms with Gasteiger partial charge in [0.15, 0.2) is 0 Å². The van der Waals surface area contributed by atoms with Gasteiger partial charge in [-0.25, -0.2) is 0 Å². The summed E-state index contributed by atoms with van der Waals surface area (Å²) in [6.07, 6.45) is 3.45. The lowest BCUT2D eigenvalue weighted by Crippen LogP contribution is -2.45. The number of ether oxygens (including phenoxy) is 1. The molecule has 1 amide bonds. The minimum absolute atomic E-state index is 0.254. The van der Waals surface area contributed by atoms with Crippen LogP contribution in [0.15, 0.2) is 18.2 Å². The molecule has 1 aromatic carbocycles. The molecule has 1 fully saturated rings. The predicted molar refractivity (Wildman–Crippen MR) is 82.9 cm³/mol. The number of hydrogen-bond acceptors (Lipinski definition) is 3. The molecule has 21 heavy (non-hydrogen) atoms. The Bertz CT molecular complexity index is 510. The molecule has 0 heterocycles. The molecule has 1 aliphatic carbocycles. The van der Waals surface area contributed by atoms with Crippen LogP contribution in [0.4, 0.5) is 0 Å². The van der Waals surface area contributed by atoms with Crippen molar-refractivity contribution >= 4 is 17.5 Å². The van der Waals surface area contributed by atoms with Crippen LogP contribution >= 0.6 is 11.6 Å². The smallest absolute Gasteiger partial charge is 0.255 e. The van der Waals surface area contributed by atoms with E-state index in [0.29, 0.717) is 22.3 Å². The molecule has 1 aromatic rings. The van der Waals surface area contributed by atoms with Gasteiger partial charge in [0.1, 0.15) is 5.75 Å². The van der Waals surface area contributed by atoms with Crippen LogP contribution in [0.3, 0.4) is 0 Å². The second-order valence-electron chi connectivity index (χ2n) is 5.93. The summed E-state index contributed by atoms with van der Waals surface area (Å²) in [5.74, 6) is 0.831. The summed E-state index contributed by atoms with van der Waals surface area (Å²) in [4.78, 5) is 12.2. The minimum Gasteiger partial charge on any atom is -0.496 e. The zero-order valence-corrected chi connectivity index (χ0v) is 13.2. The molecule has 0 radical (unpaired) electrons. The number of aliphatic hydroxyl groups is 1. The highest BCUT2D eigenvalue weighted by Gasteiger charge is 2.32. The van der Waals surface area contributed by atoms with Gasteiger partial charge in [0, 0.05) is 11.6 Å². The molecule has 116 valence electrons. The van der Waals surface area contributed by atoms with Gasteiger partial charge >= 0.3 is 0 Å². The zero-order chi connectivity index (χ0) is 15.5. The third-order valence-electron chi connectivity index (χ3n) is 4.19. The molecule has 0 unspecified atom stereocenters. The molecule has 0 aliphatic heterocycles. The summed E-state index contributed by atoms with van der Waals surface area (Å²) in [6.45, 7) is 2.46. The van der Waals surface area contributed by atoms with E-state index in [1.165, 1.54) is 7.11 Å². The lowest BCUT2D eigenvalue weighted by molar-refractivity contribution is -0.00542. The first-order chi connectivity index (χ1) is 9.93.